The van der Waals surface area contributed by atoms with Gasteiger partial charge in [0.2, 0.25) is 0 Å². The van der Waals surface area contributed by atoms with Crippen molar-refractivity contribution in [1.29, 1.82) is 0 Å². The Morgan fingerprint density at radius 1 is 1.07 bits per heavy atom. The fourth-order valence-corrected chi connectivity index (χ4v) is 5.64. The number of rotatable bonds is 5. The summed E-state index contributed by atoms with van der Waals surface area (Å²) in [6.45, 7) is 7.94. The van der Waals surface area contributed by atoms with Gasteiger partial charge in [0.05, 0.1) is 0 Å². The second-order valence-electron chi connectivity index (χ2n) is 9.38. The molecule has 1 aliphatic heterocycles. The van der Waals surface area contributed by atoms with Crippen LogP contribution in [0.5, 0.6) is 0 Å². The van der Waals surface area contributed by atoms with E-state index in [1.165, 1.54) is 68.1 Å². The maximum Gasteiger partial charge on any atom is 0.163 e. The van der Waals surface area contributed by atoms with Crippen molar-refractivity contribution >= 4 is 28.2 Å². The summed E-state index contributed by atoms with van der Waals surface area (Å²) in [6.07, 6.45) is 10.4. The van der Waals surface area contributed by atoms with Gasteiger partial charge in [-0.3, -0.25) is 0 Å². The van der Waals surface area contributed by atoms with Crippen LogP contribution in [0.15, 0.2) is 30.5 Å². The molecule has 0 radical (unpaired) electrons. The maximum absolute atomic E-state index is 5.65. The topological polar surface area (TPSA) is 46.2 Å². The molecule has 1 aromatic carbocycles. The summed E-state index contributed by atoms with van der Waals surface area (Å²) in [5, 5.41) is 4.79. The second-order valence-corrected chi connectivity index (χ2v) is 9.82. The van der Waals surface area contributed by atoms with Gasteiger partial charge in [-0.25, -0.2) is 0 Å². The van der Waals surface area contributed by atoms with Crippen molar-refractivity contribution in [3.8, 4) is 0 Å². The number of hydrogen-bond donors (Lipinski definition) is 2. The van der Waals surface area contributed by atoms with Crippen LogP contribution in [0.1, 0.15) is 64.0 Å². The highest BCUT2D eigenvalue weighted by Crippen LogP contribution is 2.35. The molecule has 0 atom stereocenters. The third kappa shape index (κ3) is 4.61. The molecule has 1 saturated heterocycles. The van der Waals surface area contributed by atoms with E-state index >= 15 is 0 Å². The molecule has 5 heteroatoms. The molecule has 2 aliphatic rings. The van der Waals surface area contributed by atoms with E-state index in [-0.39, 0.29) is 0 Å². The van der Waals surface area contributed by atoms with Crippen molar-refractivity contribution in [3.05, 3.63) is 36.0 Å². The zero-order chi connectivity index (χ0) is 20.4. The average Bonchev–Trinajstić information content (AvgIpc) is 3.11. The maximum atomic E-state index is 5.65. The van der Waals surface area contributed by atoms with Gasteiger partial charge in [-0.1, -0.05) is 32.0 Å². The molecular weight excluding hydrogens is 376 g/mol. The van der Waals surface area contributed by atoms with Gasteiger partial charge >= 0.3 is 0 Å². The van der Waals surface area contributed by atoms with Crippen molar-refractivity contribution in [2.45, 2.75) is 71.0 Å². The van der Waals surface area contributed by atoms with E-state index < -0.39 is 0 Å². The molecular formula is C24H36N4S. The molecule has 2 heterocycles. The third-order valence-electron chi connectivity index (χ3n) is 7.37. The Hall–Kier alpha value is -1.59. The van der Waals surface area contributed by atoms with Crippen LogP contribution in [0.4, 0.5) is 0 Å². The Labute approximate surface area is 180 Å². The molecule has 1 aliphatic carbocycles. The average molecular weight is 413 g/mol. The Bertz CT molecular complexity index is 827. The first-order valence-electron chi connectivity index (χ1n) is 11.4. The molecule has 29 heavy (non-hydrogen) atoms. The number of fused-ring (bicyclic) bond motifs is 1. The zero-order valence-corrected chi connectivity index (χ0v) is 18.8. The summed E-state index contributed by atoms with van der Waals surface area (Å²) in [5.74, 6) is 1.80. The van der Waals surface area contributed by atoms with Gasteiger partial charge in [0.1, 0.15) is 0 Å². The Morgan fingerprint density at radius 2 is 1.76 bits per heavy atom. The van der Waals surface area contributed by atoms with E-state index in [1.807, 2.05) is 0 Å². The predicted molar refractivity (Wildman–Crippen MR) is 126 cm³/mol. The van der Waals surface area contributed by atoms with E-state index in [4.69, 9.17) is 18.0 Å². The predicted octanol–water partition coefficient (Wildman–Crippen LogP) is 4.83. The van der Waals surface area contributed by atoms with Gasteiger partial charge in [0, 0.05) is 48.8 Å². The van der Waals surface area contributed by atoms with Crippen LogP contribution in [0, 0.1) is 11.8 Å². The number of nitrogens with one attached hydrogen (secondary N) is 1. The van der Waals surface area contributed by atoms with Gasteiger partial charge in [-0.05, 0) is 74.2 Å². The second kappa shape index (κ2) is 9.05. The summed E-state index contributed by atoms with van der Waals surface area (Å²) in [7, 11) is 0. The lowest BCUT2D eigenvalue weighted by Crippen LogP contribution is -2.43. The molecule has 2 aromatic rings. The lowest BCUT2D eigenvalue weighted by Gasteiger charge is -2.42. The summed E-state index contributed by atoms with van der Waals surface area (Å²) < 4.78 is 2.51. The quantitative estimate of drug-likeness (QED) is 0.691. The first-order valence-corrected chi connectivity index (χ1v) is 11.8. The van der Waals surface area contributed by atoms with Crippen LogP contribution in [0.3, 0.4) is 0 Å². The highest BCUT2D eigenvalue weighted by molar-refractivity contribution is 7.80. The van der Waals surface area contributed by atoms with E-state index in [2.05, 4.69) is 59.1 Å². The SMILES string of the molecule is CC(C)C1CCC(N2CCC(n3cc(CNC(N)=S)c4ccccc43)CC2)CC1. The number of aromatic nitrogens is 1. The highest BCUT2D eigenvalue weighted by Gasteiger charge is 2.30. The molecule has 4 rings (SSSR count). The molecule has 158 valence electrons. The Kier molecular flexibility index (Phi) is 6.45. The minimum atomic E-state index is 0.363. The molecule has 4 nitrogen and oxygen atoms in total. The standard InChI is InChI=1S/C24H36N4S/c1-17(2)18-7-9-20(10-8-18)27-13-11-21(12-14-27)28-16-19(15-26-24(25)29)22-5-3-4-6-23(22)28/h3-6,16-18,20-21H,7-15H2,1-2H3,(H3,25,26,29). The number of nitrogens with zero attached hydrogens (tertiary/aromatic N) is 2. The summed E-state index contributed by atoms with van der Waals surface area (Å²) in [4.78, 5) is 2.79. The van der Waals surface area contributed by atoms with Gasteiger partial charge in [-0.15, -0.1) is 0 Å². The van der Waals surface area contributed by atoms with Crippen molar-refractivity contribution in [1.82, 2.24) is 14.8 Å². The molecule has 0 unspecified atom stereocenters. The fraction of sp³-hybridized carbons (Fsp3) is 0.625. The molecule has 1 aromatic heterocycles. The van der Waals surface area contributed by atoms with Crippen LogP contribution < -0.4 is 11.1 Å². The van der Waals surface area contributed by atoms with Crippen LogP contribution >= 0.6 is 12.2 Å². The number of hydrogen-bond acceptors (Lipinski definition) is 2. The first-order chi connectivity index (χ1) is 14.0. The molecule has 3 N–H and O–H groups in total. The lowest BCUT2D eigenvalue weighted by molar-refractivity contribution is 0.0894. The number of para-hydroxylation sites is 1. The highest BCUT2D eigenvalue weighted by atomic mass is 32.1. The van der Waals surface area contributed by atoms with Gasteiger partial charge < -0.3 is 20.5 Å². The molecule has 0 bridgehead atoms. The summed E-state index contributed by atoms with van der Waals surface area (Å²) in [6, 6.07) is 10.1. The largest absolute Gasteiger partial charge is 0.376 e. The molecule has 0 spiro atoms. The number of nitrogens with two attached hydrogens (primary N) is 1. The van der Waals surface area contributed by atoms with E-state index in [0.29, 0.717) is 17.7 Å². The lowest BCUT2D eigenvalue weighted by atomic mass is 9.79. The van der Waals surface area contributed by atoms with E-state index in [9.17, 15) is 0 Å². The molecule has 1 saturated carbocycles. The Balaban J connectivity index is 1.41. The number of likely N-dealkylation sites (tertiary alicyclic amines) is 1. The van der Waals surface area contributed by atoms with Crippen molar-refractivity contribution in [3.63, 3.8) is 0 Å². The monoisotopic (exact) mass is 412 g/mol. The normalized spacial score (nSPS) is 24.2. The number of piperidine rings is 1. The minimum Gasteiger partial charge on any atom is -0.376 e. The molecule has 2 fully saturated rings. The van der Waals surface area contributed by atoms with Crippen LogP contribution in [0.2, 0.25) is 0 Å². The van der Waals surface area contributed by atoms with Gasteiger partial charge in [-0.2, -0.15) is 0 Å². The van der Waals surface area contributed by atoms with Gasteiger partial charge in [0.15, 0.2) is 5.11 Å². The van der Waals surface area contributed by atoms with E-state index in [1.54, 1.807) is 0 Å². The third-order valence-corrected chi connectivity index (χ3v) is 7.51. The summed E-state index contributed by atoms with van der Waals surface area (Å²) >= 11 is 5.00. The van der Waals surface area contributed by atoms with E-state index in [0.717, 1.165) is 17.9 Å². The van der Waals surface area contributed by atoms with Crippen molar-refractivity contribution < 1.29 is 0 Å². The zero-order valence-electron chi connectivity index (χ0n) is 17.9. The smallest absolute Gasteiger partial charge is 0.163 e. The minimum absolute atomic E-state index is 0.363. The summed E-state index contributed by atoms with van der Waals surface area (Å²) in [5.41, 5.74) is 8.27. The van der Waals surface area contributed by atoms with Crippen molar-refractivity contribution in [2.75, 3.05) is 13.1 Å². The van der Waals surface area contributed by atoms with Gasteiger partial charge in [0.25, 0.3) is 0 Å². The van der Waals surface area contributed by atoms with Crippen molar-refractivity contribution in [2.24, 2.45) is 17.6 Å². The number of benzene rings is 1. The van der Waals surface area contributed by atoms with Crippen LogP contribution in [-0.4, -0.2) is 33.7 Å². The first kappa shape index (κ1) is 20.7. The van der Waals surface area contributed by atoms with Crippen LogP contribution in [0.25, 0.3) is 10.9 Å². The number of thiocarbonyl (C=S) groups is 1. The Morgan fingerprint density at radius 3 is 2.41 bits per heavy atom. The molecule has 0 amide bonds. The van der Waals surface area contributed by atoms with Crippen LogP contribution in [-0.2, 0) is 6.54 Å². The fourth-order valence-electron chi connectivity index (χ4n) is 5.57.